The maximum Gasteiger partial charge on any atom is 0.245 e. The van der Waals surface area contributed by atoms with Crippen molar-refractivity contribution in [3.63, 3.8) is 0 Å². The van der Waals surface area contributed by atoms with E-state index in [-0.39, 0.29) is 5.69 Å². The molecule has 0 unspecified atom stereocenters. The Kier molecular flexibility index (Phi) is 6.32. The molecule has 0 aliphatic heterocycles. The third-order valence-corrected chi connectivity index (χ3v) is 4.97. The molecule has 0 saturated heterocycles. The quantitative estimate of drug-likeness (QED) is 0.783. The molecule has 7 nitrogen and oxygen atoms in total. The number of hydrogen-bond donors (Lipinski definition) is 1. The van der Waals surface area contributed by atoms with Crippen LogP contribution in [0.3, 0.4) is 0 Å². The average Bonchev–Trinajstić information content (AvgIpc) is 2.57. The monoisotopic (exact) mass is 392 g/mol. The van der Waals surface area contributed by atoms with Crippen molar-refractivity contribution in [1.82, 2.24) is 0 Å². The van der Waals surface area contributed by atoms with Crippen LogP contribution in [0.1, 0.15) is 11.1 Å². The number of carbonyl (C=O) groups excluding carboxylic acids is 1. The van der Waals surface area contributed by atoms with Gasteiger partial charge in [0.05, 0.1) is 26.2 Å². The van der Waals surface area contributed by atoms with E-state index < -0.39 is 22.5 Å². The van der Waals surface area contributed by atoms with Gasteiger partial charge in [-0.1, -0.05) is 6.07 Å². The first-order valence-electron chi connectivity index (χ1n) is 8.22. The van der Waals surface area contributed by atoms with Crippen molar-refractivity contribution in [2.75, 3.05) is 36.6 Å². The zero-order valence-corrected chi connectivity index (χ0v) is 16.9. The summed E-state index contributed by atoms with van der Waals surface area (Å²) in [7, 11) is -0.835. The van der Waals surface area contributed by atoms with E-state index in [1.807, 2.05) is 32.0 Å². The highest BCUT2D eigenvalue weighted by atomic mass is 32.2. The van der Waals surface area contributed by atoms with Crippen molar-refractivity contribution in [2.45, 2.75) is 13.8 Å². The van der Waals surface area contributed by atoms with Crippen molar-refractivity contribution < 1.29 is 22.7 Å². The Morgan fingerprint density at radius 3 is 2.19 bits per heavy atom. The van der Waals surface area contributed by atoms with Crippen molar-refractivity contribution >= 4 is 27.3 Å². The predicted molar refractivity (Wildman–Crippen MR) is 106 cm³/mol. The Bertz CT molecular complexity index is 921. The number of anilines is 2. The average molecular weight is 392 g/mol. The van der Waals surface area contributed by atoms with Crippen molar-refractivity contribution in [3.05, 3.63) is 47.5 Å². The SMILES string of the molecule is COc1ccc(OC)c(N(CC(=O)Nc2cc(C)cc(C)c2)S(C)(=O)=O)c1. The van der Waals surface area contributed by atoms with Crippen LogP contribution < -0.4 is 19.1 Å². The number of aryl methyl sites for hydroxylation is 2. The molecule has 0 saturated carbocycles. The highest BCUT2D eigenvalue weighted by molar-refractivity contribution is 7.92. The number of amides is 1. The summed E-state index contributed by atoms with van der Waals surface area (Å²) in [4.78, 5) is 12.5. The van der Waals surface area contributed by atoms with Crippen LogP contribution in [-0.4, -0.2) is 41.3 Å². The van der Waals surface area contributed by atoms with Gasteiger partial charge in [-0.3, -0.25) is 9.10 Å². The fraction of sp³-hybridized carbons (Fsp3) is 0.316. The maximum atomic E-state index is 12.5. The molecule has 0 atom stereocenters. The molecule has 146 valence electrons. The molecule has 1 amide bonds. The summed E-state index contributed by atoms with van der Waals surface area (Å²) in [6, 6.07) is 10.4. The van der Waals surface area contributed by atoms with Gasteiger partial charge in [0, 0.05) is 11.8 Å². The Labute approximate surface area is 160 Å². The Balaban J connectivity index is 2.34. The number of ether oxygens (including phenoxy) is 2. The maximum absolute atomic E-state index is 12.5. The first kappa shape index (κ1) is 20.6. The topological polar surface area (TPSA) is 84.9 Å². The van der Waals surface area contributed by atoms with Crippen LogP contribution in [0.25, 0.3) is 0 Å². The number of benzene rings is 2. The standard InChI is InChI=1S/C19H24N2O5S/c1-13-8-14(2)10-15(9-13)20-19(22)12-21(27(5,23)24)17-11-16(25-3)6-7-18(17)26-4/h6-11H,12H2,1-5H3,(H,20,22). The molecule has 0 heterocycles. The van der Waals surface area contributed by atoms with E-state index in [1.54, 1.807) is 12.1 Å². The van der Waals surface area contributed by atoms with E-state index in [0.717, 1.165) is 21.7 Å². The van der Waals surface area contributed by atoms with Gasteiger partial charge in [0.2, 0.25) is 15.9 Å². The molecule has 0 spiro atoms. The van der Waals surface area contributed by atoms with Crippen LogP contribution in [0.4, 0.5) is 11.4 Å². The van der Waals surface area contributed by atoms with E-state index in [0.29, 0.717) is 17.2 Å². The van der Waals surface area contributed by atoms with Crippen LogP contribution in [-0.2, 0) is 14.8 Å². The molecule has 0 fully saturated rings. The van der Waals surface area contributed by atoms with Crippen molar-refractivity contribution in [1.29, 1.82) is 0 Å². The molecule has 0 aromatic heterocycles. The van der Waals surface area contributed by atoms with Gasteiger partial charge in [-0.15, -0.1) is 0 Å². The third kappa shape index (κ3) is 5.37. The van der Waals surface area contributed by atoms with Gasteiger partial charge < -0.3 is 14.8 Å². The number of sulfonamides is 1. The summed E-state index contributed by atoms with van der Waals surface area (Å²) in [5.41, 5.74) is 2.85. The van der Waals surface area contributed by atoms with E-state index in [2.05, 4.69) is 5.32 Å². The number of carbonyl (C=O) groups is 1. The molecule has 1 N–H and O–H groups in total. The molecule has 2 aromatic carbocycles. The van der Waals surface area contributed by atoms with Crippen molar-refractivity contribution in [3.8, 4) is 11.5 Å². The van der Waals surface area contributed by atoms with Crippen LogP contribution in [0.5, 0.6) is 11.5 Å². The van der Waals surface area contributed by atoms with Crippen molar-refractivity contribution in [2.24, 2.45) is 0 Å². The number of hydrogen-bond acceptors (Lipinski definition) is 5. The minimum absolute atomic E-state index is 0.231. The lowest BCUT2D eigenvalue weighted by Gasteiger charge is -2.24. The summed E-state index contributed by atoms with van der Waals surface area (Å²) in [6.45, 7) is 3.45. The Morgan fingerprint density at radius 1 is 1.04 bits per heavy atom. The summed E-state index contributed by atoms with van der Waals surface area (Å²) in [5, 5.41) is 2.74. The van der Waals surface area contributed by atoms with Crippen LogP contribution in [0, 0.1) is 13.8 Å². The van der Waals surface area contributed by atoms with E-state index in [9.17, 15) is 13.2 Å². The molecule has 0 aliphatic rings. The molecule has 27 heavy (non-hydrogen) atoms. The second kappa shape index (κ2) is 8.30. The molecule has 0 aliphatic carbocycles. The van der Waals surface area contributed by atoms with Gasteiger partial charge in [0.15, 0.2) is 0 Å². The van der Waals surface area contributed by atoms with Gasteiger partial charge in [-0.25, -0.2) is 8.42 Å². The lowest BCUT2D eigenvalue weighted by Crippen LogP contribution is -2.37. The number of methoxy groups -OCH3 is 2. The molecule has 0 bridgehead atoms. The van der Waals surface area contributed by atoms with E-state index >= 15 is 0 Å². The lowest BCUT2D eigenvalue weighted by molar-refractivity contribution is -0.114. The number of rotatable bonds is 7. The zero-order valence-electron chi connectivity index (χ0n) is 16.1. The largest absolute Gasteiger partial charge is 0.497 e. The van der Waals surface area contributed by atoms with E-state index in [4.69, 9.17) is 9.47 Å². The second-order valence-electron chi connectivity index (χ2n) is 6.23. The van der Waals surface area contributed by atoms with Crippen LogP contribution >= 0.6 is 0 Å². The highest BCUT2D eigenvalue weighted by Gasteiger charge is 2.24. The molecule has 2 aromatic rings. The zero-order chi connectivity index (χ0) is 20.2. The van der Waals surface area contributed by atoms with Gasteiger partial charge in [-0.2, -0.15) is 0 Å². The van der Waals surface area contributed by atoms with Crippen LogP contribution in [0.15, 0.2) is 36.4 Å². The molecular formula is C19H24N2O5S. The Morgan fingerprint density at radius 2 is 1.67 bits per heavy atom. The molecule has 2 rings (SSSR count). The predicted octanol–water partition coefficient (Wildman–Crippen LogP) is 2.73. The number of nitrogens with zero attached hydrogens (tertiary/aromatic N) is 1. The summed E-state index contributed by atoms with van der Waals surface area (Å²) < 4.78 is 36.1. The minimum Gasteiger partial charge on any atom is -0.497 e. The van der Waals surface area contributed by atoms with Gasteiger partial charge in [0.25, 0.3) is 0 Å². The second-order valence-corrected chi connectivity index (χ2v) is 8.14. The lowest BCUT2D eigenvalue weighted by atomic mass is 10.1. The van der Waals surface area contributed by atoms with Gasteiger partial charge in [0.1, 0.15) is 18.0 Å². The summed E-state index contributed by atoms with van der Waals surface area (Å²) >= 11 is 0. The van der Waals surface area contributed by atoms with E-state index in [1.165, 1.54) is 20.3 Å². The normalized spacial score (nSPS) is 11.0. The molecule has 8 heteroatoms. The Hall–Kier alpha value is -2.74. The smallest absolute Gasteiger partial charge is 0.245 e. The highest BCUT2D eigenvalue weighted by Crippen LogP contribution is 2.33. The third-order valence-electron chi connectivity index (χ3n) is 3.85. The minimum atomic E-state index is -3.74. The molecular weight excluding hydrogens is 368 g/mol. The van der Waals surface area contributed by atoms with Gasteiger partial charge >= 0.3 is 0 Å². The summed E-state index contributed by atoms with van der Waals surface area (Å²) in [6.07, 6.45) is 1.04. The number of nitrogens with one attached hydrogen (secondary N) is 1. The molecule has 0 radical (unpaired) electrons. The first-order chi connectivity index (χ1) is 12.6. The fourth-order valence-corrected chi connectivity index (χ4v) is 3.60. The fourth-order valence-electron chi connectivity index (χ4n) is 2.75. The van der Waals surface area contributed by atoms with Gasteiger partial charge in [-0.05, 0) is 49.2 Å². The van der Waals surface area contributed by atoms with Crippen LogP contribution in [0.2, 0.25) is 0 Å². The first-order valence-corrected chi connectivity index (χ1v) is 10.1. The summed E-state index contributed by atoms with van der Waals surface area (Å²) in [5.74, 6) is 0.310.